The lowest BCUT2D eigenvalue weighted by atomic mass is 9.66. The number of carbonyl (C=O) groups is 1. The fraction of sp³-hybridized carbons (Fsp3) is 0.348. The van der Waals surface area contributed by atoms with Crippen LogP contribution in [0.1, 0.15) is 61.1 Å². The molecule has 25 heavy (non-hydrogen) atoms. The van der Waals surface area contributed by atoms with E-state index in [1.807, 2.05) is 30.3 Å². The molecule has 4 rings (SSSR count). The quantitative estimate of drug-likeness (QED) is 0.513. The summed E-state index contributed by atoms with van der Waals surface area (Å²) < 4.78 is 5.76. The summed E-state index contributed by atoms with van der Waals surface area (Å²) in [6.07, 6.45) is 7.66. The Kier molecular flexibility index (Phi) is 4.44. The first kappa shape index (κ1) is 16.1. The van der Waals surface area contributed by atoms with E-state index in [1.54, 1.807) is 0 Å². The third-order valence-corrected chi connectivity index (χ3v) is 5.73. The number of fused-ring (bicyclic) bond motifs is 1. The van der Waals surface area contributed by atoms with Crippen molar-refractivity contribution in [1.29, 1.82) is 0 Å². The van der Waals surface area contributed by atoms with Crippen molar-refractivity contribution < 1.29 is 9.21 Å². The third-order valence-electron chi connectivity index (χ3n) is 5.73. The van der Waals surface area contributed by atoms with Gasteiger partial charge >= 0.3 is 0 Å². The van der Waals surface area contributed by atoms with Crippen molar-refractivity contribution in [1.82, 2.24) is 0 Å². The van der Waals surface area contributed by atoms with Gasteiger partial charge in [-0.05, 0) is 42.4 Å². The summed E-state index contributed by atoms with van der Waals surface area (Å²) in [5, 5.41) is 1.00. The Morgan fingerprint density at radius 3 is 2.40 bits per heavy atom. The van der Waals surface area contributed by atoms with Crippen molar-refractivity contribution in [2.45, 2.75) is 50.4 Å². The Hall–Kier alpha value is -2.35. The maximum absolute atomic E-state index is 12.7. The first-order chi connectivity index (χ1) is 12.3. The van der Waals surface area contributed by atoms with Crippen LogP contribution in [0.5, 0.6) is 0 Å². The number of rotatable bonds is 5. The lowest BCUT2D eigenvalue weighted by Gasteiger charge is -2.38. The Morgan fingerprint density at radius 1 is 0.920 bits per heavy atom. The average Bonchev–Trinajstić information content (AvgIpc) is 3.12. The second-order valence-electron chi connectivity index (χ2n) is 7.28. The van der Waals surface area contributed by atoms with Gasteiger partial charge in [0, 0.05) is 11.8 Å². The predicted molar refractivity (Wildman–Crippen MR) is 101 cm³/mol. The first-order valence-corrected chi connectivity index (χ1v) is 9.34. The van der Waals surface area contributed by atoms with Crippen LogP contribution >= 0.6 is 0 Å². The van der Waals surface area contributed by atoms with Gasteiger partial charge in [0.25, 0.3) is 0 Å². The van der Waals surface area contributed by atoms with Crippen molar-refractivity contribution in [3.05, 3.63) is 72.0 Å². The highest BCUT2D eigenvalue weighted by Crippen LogP contribution is 2.43. The van der Waals surface area contributed by atoms with E-state index in [2.05, 4.69) is 30.3 Å². The van der Waals surface area contributed by atoms with E-state index in [4.69, 9.17) is 4.42 Å². The van der Waals surface area contributed by atoms with Crippen LogP contribution in [-0.4, -0.2) is 5.78 Å². The van der Waals surface area contributed by atoms with Crippen molar-refractivity contribution in [2.75, 3.05) is 0 Å². The third kappa shape index (κ3) is 3.26. The van der Waals surface area contributed by atoms with Crippen LogP contribution in [0.3, 0.4) is 0 Å². The summed E-state index contributed by atoms with van der Waals surface area (Å²) in [5.41, 5.74) is 2.34. The highest BCUT2D eigenvalue weighted by molar-refractivity contribution is 5.97. The molecule has 1 aliphatic rings. The monoisotopic (exact) mass is 332 g/mol. The van der Waals surface area contributed by atoms with E-state index in [9.17, 15) is 4.79 Å². The number of carbonyl (C=O) groups excluding carboxylic acids is 1. The summed E-state index contributed by atoms with van der Waals surface area (Å²) in [6.45, 7) is 0. The lowest BCUT2D eigenvalue weighted by Crippen LogP contribution is -2.29. The molecule has 2 nitrogen and oxygen atoms in total. The molecule has 1 fully saturated rings. The minimum absolute atomic E-state index is 0.122. The Bertz CT molecular complexity index is 821. The highest BCUT2D eigenvalue weighted by Gasteiger charge is 2.34. The molecule has 2 aromatic carbocycles. The maximum atomic E-state index is 12.7. The van der Waals surface area contributed by atoms with Gasteiger partial charge in [0.2, 0.25) is 0 Å². The number of Topliss-reactive ketones (excluding diaryl/α,β-unsaturated/α-hetero) is 1. The number of hydrogen-bond donors (Lipinski definition) is 0. The van der Waals surface area contributed by atoms with E-state index in [0.29, 0.717) is 12.2 Å². The molecule has 0 radical (unpaired) electrons. The van der Waals surface area contributed by atoms with Gasteiger partial charge in [-0.1, -0.05) is 67.8 Å². The number of para-hydroxylation sites is 1. The van der Waals surface area contributed by atoms with E-state index in [1.165, 1.54) is 37.7 Å². The normalized spacial score (nSPS) is 16.8. The summed E-state index contributed by atoms with van der Waals surface area (Å²) in [4.78, 5) is 12.7. The Morgan fingerprint density at radius 2 is 1.64 bits per heavy atom. The molecule has 0 saturated heterocycles. The predicted octanol–water partition coefficient (Wildman–Crippen LogP) is 6.30. The standard InChI is InChI=1S/C23H24O2/c24-20(22-17-18-9-5-6-12-21(18)25-22)13-16-23(14-7-2-8-15-23)19-10-3-1-4-11-19/h1,3-6,9-12,17H,2,7-8,13-16H2. The van der Waals surface area contributed by atoms with Crippen LogP contribution in [0.4, 0.5) is 0 Å². The molecule has 1 aliphatic carbocycles. The fourth-order valence-electron chi connectivity index (χ4n) is 4.30. The highest BCUT2D eigenvalue weighted by atomic mass is 16.3. The van der Waals surface area contributed by atoms with Gasteiger partial charge in [-0.2, -0.15) is 0 Å². The minimum atomic E-state index is 0.122. The maximum Gasteiger partial charge on any atom is 0.198 e. The second kappa shape index (κ2) is 6.87. The molecule has 0 bridgehead atoms. The van der Waals surface area contributed by atoms with Crippen LogP contribution in [0, 0.1) is 0 Å². The molecule has 0 spiro atoms. The van der Waals surface area contributed by atoms with Gasteiger partial charge in [0.1, 0.15) is 5.58 Å². The van der Waals surface area contributed by atoms with Crippen LogP contribution in [-0.2, 0) is 5.41 Å². The number of furan rings is 1. The van der Waals surface area contributed by atoms with Gasteiger partial charge in [-0.15, -0.1) is 0 Å². The molecular weight excluding hydrogens is 308 g/mol. The molecule has 0 aliphatic heterocycles. The van der Waals surface area contributed by atoms with E-state index < -0.39 is 0 Å². The van der Waals surface area contributed by atoms with Crippen LogP contribution in [0.15, 0.2) is 65.1 Å². The molecule has 1 saturated carbocycles. The van der Waals surface area contributed by atoms with Crippen LogP contribution in [0.2, 0.25) is 0 Å². The molecule has 1 aromatic heterocycles. The zero-order chi connectivity index (χ0) is 17.1. The van der Waals surface area contributed by atoms with Crippen LogP contribution in [0.25, 0.3) is 11.0 Å². The summed E-state index contributed by atoms with van der Waals surface area (Å²) in [7, 11) is 0. The molecule has 0 unspecified atom stereocenters. The number of hydrogen-bond acceptors (Lipinski definition) is 2. The van der Waals surface area contributed by atoms with Gasteiger partial charge in [0.15, 0.2) is 11.5 Å². The van der Waals surface area contributed by atoms with Crippen molar-refractivity contribution in [3.63, 3.8) is 0 Å². The molecule has 0 amide bonds. The van der Waals surface area contributed by atoms with E-state index >= 15 is 0 Å². The van der Waals surface area contributed by atoms with Gasteiger partial charge < -0.3 is 4.42 Å². The van der Waals surface area contributed by atoms with Crippen molar-refractivity contribution >= 4 is 16.8 Å². The summed E-state index contributed by atoms with van der Waals surface area (Å²) >= 11 is 0. The van der Waals surface area contributed by atoms with Crippen LogP contribution < -0.4 is 0 Å². The zero-order valence-corrected chi connectivity index (χ0v) is 14.5. The number of benzene rings is 2. The smallest absolute Gasteiger partial charge is 0.198 e. The lowest BCUT2D eigenvalue weighted by molar-refractivity contribution is 0.0938. The average molecular weight is 332 g/mol. The topological polar surface area (TPSA) is 30.2 Å². The minimum Gasteiger partial charge on any atom is -0.453 e. The van der Waals surface area contributed by atoms with Gasteiger partial charge in [-0.3, -0.25) is 4.79 Å². The van der Waals surface area contributed by atoms with E-state index in [-0.39, 0.29) is 11.2 Å². The molecule has 3 aromatic rings. The Balaban J connectivity index is 1.53. The molecule has 2 heteroatoms. The second-order valence-corrected chi connectivity index (χ2v) is 7.28. The molecule has 0 atom stereocenters. The molecule has 128 valence electrons. The van der Waals surface area contributed by atoms with Gasteiger partial charge in [0.05, 0.1) is 0 Å². The SMILES string of the molecule is O=C(CCC1(c2ccccc2)CCCCC1)c1cc2ccccc2o1. The molecule has 1 heterocycles. The summed E-state index contributed by atoms with van der Waals surface area (Å²) in [6, 6.07) is 20.5. The molecule has 0 N–H and O–H groups in total. The zero-order valence-electron chi connectivity index (χ0n) is 14.5. The van der Waals surface area contributed by atoms with Gasteiger partial charge in [-0.25, -0.2) is 0 Å². The van der Waals surface area contributed by atoms with Crippen molar-refractivity contribution in [2.24, 2.45) is 0 Å². The number of ketones is 1. The first-order valence-electron chi connectivity index (χ1n) is 9.34. The van der Waals surface area contributed by atoms with E-state index in [0.717, 1.165) is 17.4 Å². The Labute approximate surface area is 148 Å². The molecular formula is C23H24O2. The van der Waals surface area contributed by atoms with Crippen molar-refractivity contribution in [3.8, 4) is 0 Å². The summed E-state index contributed by atoms with van der Waals surface area (Å²) in [5.74, 6) is 0.623. The largest absolute Gasteiger partial charge is 0.453 e. The fourth-order valence-corrected chi connectivity index (χ4v) is 4.30.